The van der Waals surface area contributed by atoms with E-state index < -0.39 is 0 Å². The standard InChI is InChI=1S/C24H18BrFN4OS/c25-18-13-16(26)4-5-17(18)20-6-7-21(31-20)23-22(19-3-1-2-10-28-19)29-24(32)30(23)14-15-8-11-27-12-9-15/h1-13,22-23H,14H2,(H,29,32)/t22-,23-/m1/s1. The van der Waals surface area contributed by atoms with E-state index >= 15 is 0 Å². The van der Waals surface area contributed by atoms with E-state index in [1.54, 1.807) is 24.7 Å². The van der Waals surface area contributed by atoms with Gasteiger partial charge in [-0.05, 0) is 88.3 Å². The Kier molecular flexibility index (Phi) is 5.71. The number of hydrogen-bond acceptors (Lipinski definition) is 4. The highest BCUT2D eigenvalue weighted by molar-refractivity contribution is 9.10. The second kappa shape index (κ2) is 8.80. The van der Waals surface area contributed by atoms with Crippen LogP contribution < -0.4 is 5.32 Å². The third kappa shape index (κ3) is 4.03. The molecule has 5 nitrogen and oxygen atoms in total. The highest BCUT2D eigenvalue weighted by Gasteiger charge is 2.41. The number of benzene rings is 1. The Morgan fingerprint density at radius 1 is 1.06 bits per heavy atom. The maximum absolute atomic E-state index is 13.6. The molecule has 0 bridgehead atoms. The van der Waals surface area contributed by atoms with Gasteiger partial charge in [-0.1, -0.05) is 6.07 Å². The minimum Gasteiger partial charge on any atom is -0.459 e. The highest BCUT2D eigenvalue weighted by Crippen LogP contribution is 2.42. The summed E-state index contributed by atoms with van der Waals surface area (Å²) in [6, 6.07) is 17.8. The van der Waals surface area contributed by atoms with Gasteiger partial charge in [0.05, 0.1) is 11.7 Å². The maximum Gasteiger partial charge on any atom is 0.170 e. The molecule has 32 heavy (non-hydrogen) atoms. The average Bonchev–Trinajstić information content (AvgIpc) is 3.40. The van der Waals surface area contributed by atoms with Gasteiger partial charge in [0.25, 0.3) is 0 Å². The smallest absolute Gasteiger partial charge is 0.170 e. The van der Waals surface area contributed by atoms with Crippen molar-refractivity contribution in [2.24, 2.45) is 0 Å². The Morgan fingerprint density at radius 2 is 1.91 bits per heavy atom. The zero-order chi connectivity index (χ0) is 22.1. The lowest BCUT2D eigenvalue weighted by atomic mass is 10.0. The quantitative estimate of drug-likeness (QED) is 0.343. The summed E-state index contributed by atoms with van der Waals surface area (Å²) in [5.74, 6) is 1.08. The van der Waals surface area contributed by atoms with Crippen molar-refractivity contribution in [2.45, 2.75) is 18.6 Å². The lowest BCUT2D eigenvalue weighted by Crippen LogP contribution is -2.29. The summed E-state index contributed by atoms with van der Waals surface area (Å²) in [6.07, 6.45) is 5.31. The number of aromatic nitrogens is 2. The van der Waals surface area contributed by atoms with E-state index in [0.717, 1.165) is 22.6 Å². The summed E-state index contributed by atoms with van der Waals surface area (Å²) in [5.41, 5.74) is 2.74. The Bertz CT molecular complexity index is 1250. The largest absolute Gasteiger partial charge is 0.459 e. The summed E-state index contributed by atoms with van der Waals surface area (Å²) in [7, 11) is 0. The monoisotopic (exact) mass is 508 g/mol. The number of pyridine rings is 2. The van der Waals surface area contributed by atoms with E-state index in [-0.39, 0.29) is 17.9 Å². The second-order valence-corrected chi connectivity index (χ2v) is 8.68. The third-order valence-corrected chi connectivity index (χ3v) is 6.42. The van der Waals surface area contributed by atoms with Gasteiger partial charge >= 0.3 is 0 Å². The Hall–Kier alpha value is -3.10. The lowest BCUT2D eigenvalue weighted by Gasteiger charge is -2.26. The van der Waals surface area contributed by atoms with Crippen molar-refractivity contribution in [2.75, 3.05) is 0 Å². The third-order valence-electron chi connectivity index (χ3n) is 5.41. The van der Waals surface area contributed by atoms with Crippen LogP contribution in [0.5, 0.6) is 0 Å². The lowest BCUT2D eigenvalue weighted by molar-refractivity contribution is 0.269. The van der Waals surface area contributed by atoms with E-state index in [0.29, 0.717) is 21.9 Å². The summed E-state index contributed by atoms with van der Waals surface area (Å²) in [6.45, 7) is 0.596. The maximum atomic E-state index is 13.6. The SMILES string of the molecule is Fc1ccc(-c2ccc([C@@H]3[C@@H](c4ccccn4)NC(=S)N3Cc3ccncc3)o2)c(Br)c1. The van der Waals surface area contributed by atoms with Crippen LogP contribution in [0.1, 0.15) is 29.1 Å². The van der Waals surface area contributed by atoms with Crippen molar-refractivity contribution in [1.82, 2.24) is 20.2 Å². The first-order chi connectivity index (χ1) is 15.6. The number of thiocarbonyl (C=S) groups is 1. The molecule has 3 aromatic heterocycles. The summed E-state index contributed by atoms with van der Waals surface area (Å²) in [5, 5.41) is 4.05. The van der Waals surface area contributed by atoms with Gasteiger partial charge in [-0.2, -0.15) is 0 Å². The molecule has 8 heteroatoms. The molecular weight excluding hydrogens is 491 g/mol. The van der Waals surface area contributed by atoms with E-state index in [1.165, 1.54) is 12.1 Å². The zero-order valence-corrected chi connectivity index (χ0v) is 19.2. The molecule has 0 unspecified atom stereocenters. The van der Waals surface area contributed by atoms with Crippen LogP contribution in [0, 0.1) is 5.82 Å². The molecule has 0 aliphatic carbocycles. The second-order valence-electron chi connectivity index (χ2n) is 7.44. The number of nitrogens with zero attached hydrogens (tertiary/aromatic N) is 3. The van der Waals surface area contributed by atoms with Crippen LogP contribution in [0.25, 0.3) is 11.3 Å². The molecule has 1 aliphatic rings. The zero-order valence-electron chi connectivity index (χ0n) is 16.8. The van der Waals surface area contributed by atoms with Gasteiger partial charge in [0.2, 0.25) is 0 Å². The molecule has 0 saturated carbocycles. The molecule has 1 saturated heterocycles. The van der Waals surface area contributed by atoms with Crippen LogP contribution in [0.2, 0.25) is 0 Å². The van der Waals surface area contributed by atoms with Gasteiger partial charge in [0.15, 0.2) is 5.11 Å². The predicted octanol–water partition coefficient (Wildman–Crippen LogP) is 5.81. The number of hydrogen-bond donors (Lipinski definition) is 1. The van der Waals surface area contributed by atoms with Crippen LogP contribution in [-0.2, 0) is 6.54 Å². The van der Waals surface area contributed by atoms with Gasteiger partial charge in [0.1, 0.15) is 23.4 Å². The Labute approximate surface area is 198 Å². The van der Waals surface area contributed by atoms with Crippen LogP contribution in [0.15, 0.2) is 88.1 Å². The number of rotatable bonds is 5. The minimum atomic E-state index is -0.309. The molecule has 1 N–H and O–H groups in total. The number of furan rings is 1. The van der Waals surface area contributed by atoms with Gasteiger partial charge in [0, 0.05) is 35.2 Å². The molecule has 4 aromatic rings. The van der Waals surface area contributed by atoms with Crippen molar-refractivity contribution < 1.29 is 8.81 Å². The van der Waals surface area contributed by atoms with Crippen LogP contribution in [-0.4, -0.2) is 20.0 Å². The molecule has 0 spiro atoms. The summed E-state index contributed by atoms with van der Waals surface area (Å²) in [4.78, 5) is 10.8. The van der Waals surface area contributed by atoms with E-state index in [9.17, 15) is 4.39 Å². The molecule has 0 radical (unpaired) electrons. The molecular formula is C24H18BrFN4OS. The fourth-order valence-corrected chi connectivity index (χ4v) is 4.77. The number of halogens is 2. The fraction of sp³-hybridized carbons (Fsp3) is 0.125. The first-order valence-electron chi connectivity index (χ1n) is 10.0. The highest BCUT2D eigenvalue weighted by atomic mass is 79.9. The molecule has 1 aliphatic heterocycles. The molecule has 2 atom stereocenters. The molecule has 160 valence electrons. The Balaban J connectivity index is 1.55. The normalized spacial score (nSPS) is 18.1. The molecule has 4 heterocycles. The van der Waals surface area contributed by atoms with Gasteiger partial charge in [-0.3, -0.25) is 9.97 Å². The summed E-state index contributed by atoms with van der Waals surface area (Å²) < 4.78 is 20.5. The fourth-order valence-electron chi connectivity index (χ4n) is 3.92. The average molecular weight is 509 g/mol. The predicted molar refractivity (Wildman–Crippen MR) is 127 cm³/mol. The van der Waals surface area contributed by atoms with E-state index in [2.05, 4.69) is 36.1 Å². The first-order valence-corrected chi connectivity index (χ1v) is 11.2. The molecule has 5 rings (SSSR count). The van der Waals surface area contributed by atoms with Crippen molar-refractivity contribution >= 4 is 33.3 Å². The molecule has 0 amide bonds. The summed E-state index contributed by atoms with van der Waals surface area (Å²) >= 11 is 9.14. The van der Waals surface area contributed by atoms with Crippen LogP contribution in [0.4, 0.5) is 4.39 Å². The first kappa shape index (κ1) is 20.8. The van der Waals surface area contributed by atoms with E-state index in [1.807, 2.05) is 42.5 Å². The van der Waals surface area contributed by atoms with E-state index in [4.69, 9.17) is 16.6 Å². The minimum absolute atomic E-state index is 0.179. The van der Waals surface area contributed by atoms with Gasteiger partial charge < -0.3 is 14.6 Å². The van der Waals surface area contributed by atoms with Gasteiger partial charge in [-0.25, -0.2) is 4.39 Å². The molecule has 1 fully saturated rings. The van der Waals surface area contributed by atoms with Crippen molar-refractivity contribution in [3.05, 3.63) is 107 Å². The van der Waals surface area contributed by atoms with Crippen molar-refractivity contribution in [1.29, 1.82) is 0 Å². The van der Waals surface area contributed by atoms with Crippen LogP contribution in [0.3, 0.4) is 0 Å². The molecule has 1 aromatic carbocycles. The Morgan fingerprint density at radius 3 is 2.66 bits per heavy atom. The van der Waals surface area contributed by atoms with Gasteiger partial charge in [-0.15, -0.1) is 0 Å². The van der Waals surface area contributed by atoms with Crippen molar-refractivity contribution in [3.8, 4) is 11.3 Å². The van der Waals surface area contributed by atoms with Crippen molar-refractivity contribution in [3.63, 3.8) is 0 Å². The number of nitrogens with one attached hydrogen (secondary N) is 1. The topological polar surface area (TPSA) is 54.2 Å². The van der Waals surface area contributed by atoms with Crippen LogP contribution >= 0.6 is 28.1 Å².